The minimum Gasteiger partial charge on any atom is -0.351 e. The van der Waals surface area contributed by atoms with E-state index in [9.17, 15) is 17.6 Å². The molecular formula is C10H14FN3O3S. The fourth-order valence-electron chi connectivity index (χ4n) is 1.13. The van der Waals surface area contributed by atoms with Crippen LogP contribution in [0, 0.1) is 5.82 Å². The van der Waals surface area contributed by atoms with Gasteiger partial charge in [0, 0.05) is 26.8 Å². The highest BCUT2D eigenvalue weighted by atomic mass is 32.2. The molecule has 0 fully saturated rings. The van der Waals surface area contributed by atoms with Crippen LogP contribution in [0.1, 0.15) is 10.4 Å². The van der Waals surface area contributed by atoms with Crippen LogP contribution in [0.3, 0.4) is 0 Å². The molecule has 1 N–H and O–H groups in total. The summed E-state index contributed by atoms with van der Waals surface area (Å²) in [6.07, 6.45) is 2.21. The number of hydrogen-bond acceptors (Lipinski definition) is 4. The first-order valence-electron chi connectivity index (χ1n) is 5.12. The minimum absolute atomic E-state index is 0.0822. The van der Waals surface area contributed by atoms with Crippen LogP contribution in [0.5, 0.6) is 0 Å². The van der Waals surface area contributed by atoms with E-state index in [1.165, 1.54) is 26.4 Å². The number of amides is 1. The Morgan fingerprint density at radius 3 is 2.72 bits per heavy atom. The van der Waals surface area contributed by atoms with Crippen LogP contribution in [0.4, 0.5) is 4.39 Å². The van der Waals surface area contributed by atoms with Crippen LogP contribution in [-0.4, -0.2) is 50.0 Å². The summed E-state index contributed by atoms with van der Waals surface area (Å²) in [5.74, 6) is -1.65. The molecule has 0 radical (unpaired) electrons. The average molecular weight is 275 g/mol. The van der Waals surface area contributed by atoms with E-state index in [4.69, 9.17) is 0 Å². The Bertz CT molecular complexity index is 531. The SMILES string of the molecule is CN(C)S(=O)(=O)CCNC(=O)c1ccncc1F. The topological polar surface area (TPSA) is 79.4 Å². The highest BCUT2D eigenvalue weighted by Gasteiger charge is 2.15. The standard InChI is InChI=1S/C10H14FN3O3S/c1-14(2)18(16,17)6-5-13-10(15)8-3-4-12-7-9(8)11/h3-4,7H,5-6H2,1-2H3,(H,13,15). The summed E-state index contributed by atoms with van der Waals surface area (Å²) in [4.78, 5) is 15.0. The number of hydrogen-bond donors (Lipinski definition) is 1. The van der Waals surface area contributed by atoms with E-state index in [0.717, 1.165) is 10.5 Å². The number of nitrogens with one attached hydrogen (secondary N) is 1. The number of pyridine rings is 1. The molecule has 1 heterocycles. The van der Waals surface area contributed by atoms with E-state index in [1.54, 1.807) is 0 Å². The Morgan fingerprint density at radius 1 is 1.50 bits per heavy atom. The van der Waals surface area contributed by atoms with Gasteiger partial charge in [-0.05, 0) is 6.07 Å². The molecule has 100 valence electrons. The lowest BCUT2D eigenvalue weighted by Gasteiger charge is -2.11. The third-order valence-electron chi connectivity index (χ3n) is 2.22. The van der Waals surface area contributed by atoms with E-state index in [-0.39, 0.29) is 17.9 Å². The van der Waals surface area contributed by atoms with Crippen molar-refractivity contribution in [3.05, 3.63) is 29.8 Å². The Hall–Kier alpha value is -1.54. The van der Waals surface area contributed by atoms with Crippen molar-refractivity contribution < 1.29 is 17.6 Å². The Kier molecular flexibility index (Phi) is 4.74. The van der Waals surface area contributed by atoms with E-state index < -0.39 is 21.7 Å². The average Bonchev–Trinajstić information content (AvgIpc) is 2.29. The lowest BCUT2D eigenvalue weighted by molar-refractivity contribution is 0.0952. The quantitative estimate of drug-likeness (QED) is 0.810. The van der Waals surface area contributed by atoms with Crippen LogP contribution in [0.15, 0.2) is 18.5 Å². The zero-order valence-corrected chi connectivity index (χ0v) is 10.9. The largest absolute Gasteiger partial charge is 0.351 e. The molecule has 0 aliphatic heterocycles. The van der Waals surface area contributed by atoms with Crippen molar-refractivity contribution in [2.45, 2.75) is 0 Å². The maximum atomic E-state index is 13.2. The molecule has 0 spiro atoms. The van der Waals surface area contributed by atoms with Crippen molar-refractivity contribution in [1.82, 2.24) is 14.6 Å². The predicted octanol–water partition coefficient (Wildman–Crippen LogP) is -0.158. The highest BCUT2D eigenvalue weighted by molar-refractivity contribution is 7.89. The Labute approximate surface area is 105 Å². The molecule has 1 amide bonds. The van der Waals surface area contributed by atoms with Gasteiger partial charge in [0.1, 0.15) is 0 Å². The molecule has 0 saturated heterocycles. The van der Waals surface area contributed by atoms with Gasteiger partial charge in [-0.25, -0.2) is 17.1 Å². The number of sulfonamides is 1. The first-order valence-corrected chi connectivity index (χ1v) is 6.73. The second-order valence-electron chi connectivity index (χ2n) is 3.71. The Balaban J connectivity index is 2.56. The van der Waals surface area contributed by atoms with E-state index >= 15 is 0 Å². The fourth-order valence-corrected chi connectivity index (χ4v) is 1.86. The van der Waals surface area contributed by atoms with Gasteiger partial charge < -0.3 is 5.32 Å². The van der Waals surface area contributed by atoms with Crippen molar-refractivity contribution in [3.63, 3.8) is 0 Å². The molecule has 0 saturated carbocycles. The van der Waals surface area contributed by atoms with Crippen molar-refractivity contribution in [3.8, 4) is 0 Å². The number of carbonyl (C=O) groups excluding carboxylic acids is 1. The Morgan fingerprint density at radius 2 is 2.17 bits per heavy atom. The number of halogens is 1. The van der Waals surface area contributed by atoms with E-state index in [1.807, 2.05) is 0 Å². The number of rotatable bonds is 5. The fraction of sp³-hybridized carbons (Fsp3) is 0.400. The van der Waals surface area contributed by atoms with Gasteiger partial charge in [0.2, 0.25) is 10.0 Å². The van der Waals surface area contributed by atoms with Gasteiger partial charge >= 0.3 is 0 Å². The summed E-state index contributed by atoms with van der Waals surface area (Å²) in [5.41, 5.74) is -0.160. The second kappa shape index (κ2) is 5.87. The van der Waals surface area contributed by atoms with Crippen LogP contribution >= 0.6 is 0 Å². The van der Waals surface area contributed by atoms with Crippen molar-refractivity contribution >= 4 is 15.9 Å². The smallest absolute Gasteiger partial charge is 0.254 e. The maximum absolute atomic E-state index is 13.2. The van der Waals surface area contributed by atoms with Gasteiger partial charge in [-0.2, -0.15) is 0 Å². The minimum atomic E-state index is -3.37. The molecule has 0 aliphatic rings. The van der Waals surface area contributed by atoms with Crippen LogP contribution in [-0.2, 0) is 10.0 Å². The van der Waals surface area contributed by atoms with Gasteiger partial charge in [-0.1, -0.05) is 0 Å². The molecule has 1 rings (SSSR count). The third-order valence-corrected chi connectivity index (χ3v) is 4.05. The summed E-state index contributed by atoms with van der Waals surface area (Å²) >= 11 is 0. The van der Waals surface area contributed by atoms with Gasteiger partial charge in [0.25, 0.3) is 5.91 Å². The number of aromatic nitrogens is 1. The molecule has 0 unspecified atom stereocenters. The van der Waals surface area contributed by atoms with Gasteiger partial charge in [-0.3, -0.25) is 9.78 Å². The molecule has 18 heavy (non-hydrogen) atoms. The van der Waals surface area contributed by atoms with Crippen LogP contribution < -0.4 is 5.32 Å². The number of carbonyl (C=O) groups is 1. The molecule has 1 aromatic rings. The summed E-state index contributed by atoms with van der Waals surface area (Å²) in [7, 11) is -0.569. The summed E-state index contributed by atoms with van der Waals surface area (Å²) in [6.45, 7) is -0.0822. The molecule has 1 aromatic heterocycles. The lowest BCUT2D eigenvalue weighted by Crippen LogP contribution is -2.34. The van der Waals surface area contributed by atoms with Crippen LogP contribution in [0.2, 0.25) is 0 Å². The van der Waals surface area contributed by atoms with Gasteiger partial charge in [0.15, 0.2) is 5.82 Å². The molecule has 6 nitrogen and oxygen atoms in total. The van der Waals surface area contributed by atoms with Crippen LogP contribution in [0.25, 0.3) is 0 Å². The van der Waals surface area contributed by atoms with E-state index in [0.29, 0.717) is 0 Å². The van der Waals surface area contributed by atoms with E-state index in [2.05, 4.69) is 10.3 Å². The van der Waals surface area contributed by atoms with Gasteiger partial charge in [0.05, 0.1) is 17.5 Å². The summed E-state index contributed by atoms with van der Waals surface area (Å²) in [6, 6.07) is 1.23. The number of nitrogens with zero attached hydrogens (tertiary/aromatic N) is 2. The summed E-state index contributed by atoms with van der Waals surface area (Å²) in [5, 5.41) is 2.34. The van der Waals surface area contributed by atoms with Crippen molar-refractivity contribution in [1.29, 1.82) is 0 Å². The zero-order chi connectivity index (χ0) is 13.8. The summed E-state index contributed by atoms with van der Waals surface area (Å²) < 4.78 is 37.1. The second-order valence-corrected chi connectivity index (χ2v) is 6.01. The van der Waals surface area contributed by atoms with Crippen molar-refractivity contribution in [2.75, 3.05) is 26.4 Å². The molecule has 0 bridgehead atoms. The molecule has 0 atom stereocenters. The third kappa shape index (κ3) is 3.74. The monoisotopic (exact) mass is 275 g/mol. The van der Waals surface area contributed by atoms with Gasteiger partial charge in [-0.15, -0.1) is 0 Å². The molecule has 0 aliphatic carbocycles. The highest BCUT2D eigenvalue weighted by Crippen LogP contribution is 2.03. The van der Waals surface area contributed by atoms with Crippen molar-refractivity contribution in [2.24, 2.45) is 0 Å². The maximum Gasteiger partial charge on any atom is 0.254 e. The zero-order valence-electron chi connectivity index (χ0n) is 10.1. The first-order chi connectivity index (χ1) is 8.34. The molecule has 8 heteroatoms. The molecular weight excluding hydrogens is 261 g/mol. The lowest BCUT2D eigenvalue weighted by atomic mass is 10.2. The first kappa shape index (κ1) is 14.5. The normalized spacial score (nSPS) is 11.6. The molecule has 0 aromatic carbocycles. The predicted molar refractivity (Wildman–Crippen MR) is 64.0 cm³/mol.